The van der Waals surface area contributed by atoms with E-state index in [0.717, 1.165) is 17.7 Å². The highest BCUT2D eigenvalue weighted by Crippen LogP contribution is 2.30. The first-order valence-corrected chi connectivity index (χ1v) is 8.96. The molecule has 1 N–H and O–H groups in total. The van der Waals surface area contributed by atoms with Crippen molar-refractivity contribution in [3.05, 3.63) is 48.3 Å². The number of aliphatic carboxylic acids is 1. The smallest absolute Gasteiger partial charge is 0.313 e. The zero-order chi connectivity index (χ0) is 17.8. The van der Waals surface area contributed by atoms with Gasteiger partial charge in [0.15, 0.2) is 11.0 Å². The van der Waals surface area contributed by atoms with E-state index in [1.165, 1.54) is 11.8 Å². The van der Waals surface area contributed by atoms with E-state index in [2.05, 4.69) is 22.2 Å². The fraction of sp³-hybridized carbons (Fsp3) is 0.294. The van der Waals surface area contributed by atoms with Gasteiger partial charge in [0.05, 0.1) is 23.6 Å². The molecular formula is C17H19N5O2S. The Morgan fingerprint density at radius 1 is 1.28 bits per heavy atom. The fourth-order valence-electron chi connectivity index (χ4n) is 2.58. The molecule has 0 aliphatic carbocycles. The minimum Gasteiger partial charge on any atom is -0.481 e. The van der Waals surface area contributed by atoms with Crippen molar-refractivity contribution in [2.24, 2.45) is 0 Å². The van der Waals surface area contributed by atoms with Gasteiger partial charge < -0.3 is 5.11 Å². The molecule has 0 radical (unpaired) electrons. The minimum absolute atomic E-state index is 0.0347. The molecule has 3 aromatic rings. The van der Waals surface area contributed by atoms with Gasteiger partial charge in [0.1, 0.15) is 0 Å². The Hall–Kier alpha value is -2.61. The van der Waals surface area contributed by atoms with Crippen LogP contribution in [0.5, 0.6) is 0 Å². The molecule has 0 bridgehead atoms. The lowest BCUT2D eigenvalue weighted by Gasteiger charge is -2.17. The van der Waals surface area contributed by atoms with E-state index in [-0.39, 0.29) is 11.8 Å². The lowest BCUT2D eigenvalue weighted by atomic mass is 10.1. The third-order valence-electron chi connectivity index (χ3n) is 3.87. The quantitative estimate of drug-likeness (QED) is 0.654. The van der Waals surface area contributed by atoms with Gasteiger partial charge in [-0.3, -0.25) is 14.0 Å². The molecule has 0 aliphatic heterocycles. The summed E-state index contributed by atoms with van der Waals surface area (Å²) in [6.45, 7) is 4.84. The maximum Gasteiger partial charge on any atom is 0.313 e. The number of hydrogen-bond acceptors (Lipinski definition) is 5. The van der Waals surface area contributed by atoms with Crippen LogP contribution in [0.1, 0.15) is 25.5 Å². The Kier molecular flexibility index (Phi) is 5.18. The molecule has 0 unspecified atom stereocenters. The molecule has 2 heterocycles. The molecule has 0 fully saturated rings. The number of rotatable bonds is 7. The van der Waals surface area contributed by atoms with Crippen molar-refractivity contribution >= 4 is 17.7 Å². The lowest BCUT2D eigenvalue weighted by Crippen LogP contribution is -2.11. The van der Waals surface area contributed by atoms with Gasteiger partial charge in [-0.2, -0.15) is 5.10 Å². The third-order valence-corrected chi connectivity index (χ3v) is 4.80. The van der Waals surface area contributed by atoms with E-state index in [9.17, 15) is 4.79 Å². The first-order valence-electron chi connectivity index (χ1n) is 7.97. The summed E-state index contributed by atoms with van der Waals surface area (Å²) in [6, 6.07) is 9.97. The Balaban J connectivity index is 2.04. The van der Waals surface area contributed by atoms with Crippen molar-refractivity contribution < 1.29 is 9.90 Å². The number of carbonyl (C=O) groups is 1. The van der Waals surface area contributed by atoms with Crippen molar-refractivity contribution in [1.29, 1.82) is 0 Å². The monoisotopic (exact) mass is 357 g/mol. The van der Waals surface area contributed by atoms with Crippen molar-refractivity contribution in [1.82, 2.24) is 24.5 Å². The van der Waals surface area contributed by atoms with Crippen molar-refractivity contribution in [3.8, 4) is 11.4 Å². The lowest BCUT2D eigenvalue weighted by molar-refractivity contribution is -0.133. The maximum atomic E-state index is 11.0. The topological polar surface area (TPSA) is 85.8 Å². The van der Waals surface area contributed by atoms with Gasteiger partial charge in [0.25, 0.3) is 0 Å². The first-order chi connectivity index (χ1) is 12.1. The molecule has 130 valence electrons. The predicted octanol–water partition coefficient (Wildman–Crippen LogP) is 2.95. The molecule has 1 atom stereocenters. The summed E-state index contributed by atoms with van der Waals surface area (Å²) in [5.41, 5.74) is 1.96. The number of hydrogen-bond donors (Lipinski definition) is 1. The molecule has 25 heavy (non-hydrogen) atoms. The second-order valence-electron chi connectivity index (χ2n) is 5.53. The van der Waals surface area contributed by atoms with Crippen molar-refractivity contribution in [2.45, 2.75) is 31.6 Å². The first kappa shape index (κ1) is 17.2. The average Bonchev–Trinajstić information content (AvgIpc) is 3.26. The van der Waals surface area contributed by atoms with Crippen LogP contribution in [0.2, 0.25) is 0 Å². The Morgan fingerprint density at radius 2 is 2.04 bits per heavy atom. The zero-order valence-corrected chi connectivity index (χ0v) is 14.8. The standard InChI is InChI=1S/C17H19N5O2S/c1-3-21-10-14(9-18-21)16-19-20-17(25-11-15(23)24)22(16)12(2)13-7-5-4-6-8-13/h4-10,12H,3,11H2,1-2H3,(H,23,24)/t12-/m0/s1. The molecule has 0 saturated heterocycles. The van der Waals surface area contributed by atoms with Crippen molar-refractivity contribution in [3.63, 3.8) is 0 Å². The van der Waals surface area contributed by atoms with Crippen LogP contribution in [0.15, 0.2) is 47.9 Å². The number of aromatic nitrogens is 5. The van der Waals surface area contributed by atoms with Gasteiger partial charge in [0.2, 0.25) is 0 Å². The fourth-order valence-corrected chi connectivity index (χ4v) is 3.32. The highest BCUT2D eigenvalue weighted by Gasteiger charge is 2.21. The van der Waals surface area contributed by atoms with Gasteiger partial charge in [-0.05, 0) is 19.4 Å². The Labute approximate surface area is 149 Å². The molecule has 2 aromatic heterocycles. The second kappa shape index (κ2) is 7.52. The Morgan fingerprint density at radius 3 is 2.68 bits per heavy atom. The summed E-state index contributed by atoms with van der Waals surface area (Å²) >= 11 is 1.17. The summed E-state index contributed by atoms with van der Waals surface area (Å²) in [6.07, 6.45) is 3.68. The van der Waals surface area contributed by atoms with Crippen LogP contribution in [0, 0.1) is 0 Å². The molecular weight excluding hydrogens is 338 g/mol. The third kappa shape index (κ3) is 3.74. The van der Waals surface area contributed by atoms with Crippen LogP contribution in [0.4, 0.5) is 0 Å². The number of nitrogens with zero attached hydrogens (tertiary/aromatic N) is 5. The highest BCUT2D eigenvalue weighted by atomic mass is 32.2. The van der Waals surface area contributed by atoms with E-state index in [1.54, 1.807) is 6.20 Å². The summed E-state index contributed by atoms with van der Waals surface area (Å²) in [7, 11) is 0. The van der Waals surface area contributed by atoms with E-state index in [1.807, 2.05) is 52.7 Å². The SMILES string of the molecule is CCn1cc(-c2nnc(SCC(=O)O)n2[C@@H](C)c2ccccc2)cn1. The summed E-state index contributed by atoms with van der Waals surface area (Å²) in [5.74, 6) is -0.260. The largest absolute Gasteiger partial charge is 0.481 e. The maximum absolute atomic E-state index is 11.0. The zero-order valence-electron chi connectivity index (χ0n) is 14.0. The number of carboxylic acids is 1. The van der Waals surface area contributed by atoms with Gasteiger partial charge in [-0.25, -0.2) is 0 Å². The van der Waals surface area contributed by atoms with Gasteiger partial charge >= 0.3 is 5.97 Å². The molecule has 8 heteroatoms. The number of carboxylic acid groups (broad SMARTS) is 1. The molecule has 0 spiro atoms. The van der Waals surface area contributed by atoms with Gasteiger partial charge in [0, 0.05) is 12.7 Å². The molecule has 0 aliphatic rings. The minimum atomic E-state index is -0.882. The van der Waals surface area contributed by atoms with Gasteiger partial charge in [-0.1, -0.05) is 42.1 Å². The number of benzene rings is 1. The average molecular weight is 357 g/mol. The molecule has 0 saturated carbocycles. The van der Waals surface area contributed by atoms with Crippen LogP contribution in [0.3, 0.4) is 0 Å². The number of thioether (sulfide) groups is 1. The van der Waals surface area contributed by atoms with E-state index in [4.69, 9.17) is 5.11 Å². The van der Waals surface area contributed by atoms with Crippen LogP contribution in [0.25, 0.3) is 11.4 Å². The molecule has 7 nitrogen and oxygen atoms in total. The highest BCUT2D eigenvalue weighted by molar-refractivity contribution is 7.99. The predicted molar refractivity (Wildman–Crippen MR) is 95.5 cm³/mol. The van der Waals surface area contributed by atoms with Crippen LogP contribution < -0.4 is 0 Å². The molecule has 3 rings (SSSR count). The van der Waals surface area contributed by atoms with E-state index in [0.29, 0.717) is 11.0 Å². The molecule has 0 amide bonds. The summed E-state index contributed by atoms with van der Waals surface area (Å²) in [4.78, 5) is 11.0. The van der Waals surface area contributed by atoms with Crippen molar-refractivity contribution in [2.75, 3.05) is 5.75 Å². The van der Waals surface area contributed by atoms with E-state index < -0.39 is 5.97 Å². The second-order valence-corrected chi connectivity index (χ2v) is 6.47. The van der Waals surface area contributed by atoms with E-state index >= 15 is 0 Å². The molecule has 1 aromatic carbocycles. The van der Waals surface area contributed by atoms with Crippen LogP contribution in [-0.4, -0.2) is 41.4 Å². The van der Waals surface area contributed by atoms with Crippen LogP contribution >= 0.6 is 11.8 Å². The van der Waals surface area contributed by atoms with Gasteiger partial charge in [-0.15, -0.1) is 10.2 Å². The Bertz CT molecular complexity index is 859. The number of aryl methyl sites for hydroxylation is 1. The normalized spacial score (nSPS) is 12.2. The summed E-state index contributed by atoms with van der Waals surface area (Å²) < 4.78 is 3.80. The van der Waals surface area contributed by atoms with Crippen LogP contribution in [-0.2, 0) is 11.3 Å². The summed E-state index contributed by atoms with van der Waals surface area (Å²) in [5, 5.41) is 22.4.